The standard InChI is InChI=1S/C26H31BrN4O3/c1-15(2)22(30-25(33)34-3)24(32)31-14-26(8-9-26)12-21(31)23-28-13-20(29-23)18-5-4-17-11-19(27)7-6-16(17)10-18/h4-7,10-11,15,20-22H,8-9,12-14H2,1-3H3,(H,28,29)(H,30,33)/t20?,21-,22-/m0/s1. The molecule has 3 atom stereocenters. The van der Waals surface area contributed by atoms with E-state index < -0.39 is 12.1 Å². The van der Waals surface area contributed by atoms with E-state index in [1.807, 2.05) is 18.7 Å². The number of amides is 2. The van der Waals surface area contributed by atoms with Crippen LogP contribution in [0, 0.1) is 11.3 Å². The van der Waals surface area contributed by atoms with Crippen LogP contribution in [0.5, 0.6) is 0 Å². The summed E-state index contributed by atoms with van der Waals surface area (Å²) in [7, 11) is 1.32. The van der Waals surface area contributed by atoms with Crippen LogP contribution < -0.4 is 10.6 Å². The Balaban J connectivity index is 1.34. The minimum atomic E-state index is -0.624. The SMILES string of the molecule is COC(=O)N[C@H](C(=O)N1CC2(CC2)C[C@H]1C1=NCC(c2ccc3cc(Br)ccc3c2)N1)C(C)C. The molecular weight excluding hydrogens is 496 g/mol. The van der Waals surface area contributed by atoms with E-state index in [-0.39, 0.29) is 29.3 Å². The molecule has 1 spiro atoms. The lowest BCUT2D eigenvalue weighted by molar-refractivity contribution is -0.134. The summed E-state index contributed by atoms with van der Waals surface area (Å²) in [5.74, 6) is 0.781. The van der Waals surface area contributed by atoms with E-state index >= 15 is 0 Å². The molecule has 3 aliphatic rings. The van der Waals surface area contributed by atoms with Gasteiger partial charge in [0, 0.05) is 11.0 Å². The fraction of sp³-hybridized carbons (Fsp3) is 0.500. The van der Waals surface area contributed by atoms with Gasteiger partial charge in [0.15, 0.2) is 0 Å². The van der Waals surface area contributed by atoms with E-state index in [2.05, 4.69) is 63.0 Å². The van der Waals surface area contributed by atoms with Crippen LogP contribution in [-0.2, 0) is 9.53 Å². The van der Waals surface area contributed by atoms with Gasteiger partial charge in [0.05, 0.1) is 25.7 Å². The number of ether oxygens (including phenoxy) is 1. The molecule has 2 N–H and O–H groups in total. The number of nitrogens with zero attached hydrogens (tertiary/aromatic N) is 2. The van der Waals surface area contributed by atoms with Gasteiger partial charge in [-0.1, -0.05) is 48.0 Å². The number of amidine groups is 1. The summed E-state index contributed by atoms with van der Waals surface area (Å²) < 4.78 is 5.83. The first kappa shape index (κ1) is 23.1. The van der Waals surface area contributed by atoms with E-state index in [1.54, 1.807) is 0 Å². The number of fused-ring (bicyclic) bond motifs is 1. The van der Waals surface area contributed by atoms with Gasteiger partial charge in [-0.25, -0.2) is 4.79 Å². The molecule has 0 aromatic heterocycles. The molecule has 2 amide bonds. The first-order valence-corrected chi connectivity index (χ1v) is 12.7. The number of likely N-dealkylation sites (tertiary alicyclic amines) is 1. The predicted molar refractivity (Wildman–Crippen MR) is 136 cm³/mol. The van der Waals surface area contributed by atoms with Crippen LogP contribution in [0.3, 0.4) is 0 Å². The van der Waals surface area contributed by atoms with E-state index in [0.29, 0.717) is 6.54 Å². The number of aliphatic imine (C=N–C) groups is 1. The van der Waals surface area contributed by atoms with Crippen molar-refractivity contribution in [2.24, 2.45) is 16.3 Å². The van der Waals surface area contributed by atoms with Crippen molar-refractivity contribution in [3.63, 3.8) is 0 Å². The maximum Gasteiger partial charge on any atom is 0.407 e. The number of hydrogen-bond acceptors (Lipinski definition) is 5. The lowest BCUT2D eigenvalue weighted by Crippen LogP contribution is -2.55. The lowest BCUT2D eigenvalue weighted by atomic mass is 10.0. The van der Waals surface area contributed by atoms with Crippen LogP contribution in [0.25, 0.3) is 10.8 Å². The number of nitrogens with one attached hydrogen (secondary N) is 2. The smallest absolute Gasteiger partial charge is 0.407 e. The van der Waals surface area contributed by atoms with Crippen molar-refractivity contribution in [1.29, 1.82) is 0 Å². The Morgan fingerprint density at radius 3 is 2.65 bits per heavy atom. The van der Waals surface area contributed by atoms with Gasteiger partial charge in [0.2, 0.25) is 5.91 Å². The minimum absolute atomic E-state index is 0.0492. The third-order valence-electron chi connectivity index (χ3n) is 7.45. The van der Waals surface area contributed by atoms with Crippen molar-refractivity contribution in [2.75, 3.05) is 20.2 Å². The first-order valence-electron chi connectivity index (χ1n) is 11.9. The van der Waals surface area contributed by atoms with Gasteiger partial charge in [-0.05, 0) is 65.1 Å². The van der Waals surface area contributed by atoms with E-state index in [1.165, 1.54) is 23.4 Å². The Hall–Kier alpha value is -2.61. The summed E-state index contributed by atoms with van der Waals surface area (Å²) in [5, 5.41) is 8.76. The van der Waals surface area contributed by atoms with Crippen LogP contribution in [0.4, 0.5) is 4.79 Å². The molecule has 180 valence electrons. The van der Waals surface area contributed by atoms with Crippen molar-refractivity contribution in [3.05, 3.63) is 46.4 Å². The summed E-state index contributed by atoms with van der Waals surface area (Å²) >= 11 is 3.54. The van der Waals surface area contributed by atoms with Gasteiger partial charge in [-0.15, -0.1) is 0 Å². The number of rotatable bonds is 5. The third-order valence-corrected chi connectivity index (χ3v) is 7.94. The van der Waals surface area contributed by atoms with Gasteiger partial charge in [-0.3, -0.25) is 9.79 Å². The molecule has 2 fully saturated rings. The number of carbonyl (C=O) groups is 2. The molecule has 5 rings (SSSR count). The molecule has 0 bridgehead atoms. The quantitative estimate of drug-likeness (QED) is 0.604. The summed E-state index contributed by atoms with van der Waals surface area (Å²) in [6.45, 7) is 5.25. The molecule has 2 aromatic carbocycles. The van der Waals surface area contributed by atoms with Crippen LogP contribution in [0.2, 0.25) is 0 Å². The molecule has 1 saturated heterocycles. The molecule has 1 unspecified atom stereocenters. The van der Waals surface area contributed by atoms with Crippen LogP contribution in [0.1, 0.15) is 44.7 Å². The second-order valence-electron chi connectivity index (χ2n) is 10.2. The molecule has 7 nitrogen and oxygen atoms in total. The van der Waals surface area contributed by atoms with Crippen LogP contribution in [0.15, 0.2) is 45.9 Å². The molecule has 1 aliphatic carbocycles. The predicted octanol–water partition coefficient (Wildman–Crippen LogP) is 4.41. The number of halogens is 1. The fourth-order valence-corrected chi connectivity index (χ4v) is 5.63. The topological polar surface area (TPSA) is 83.0 Å². The Bertz CT molecular complexity index is 1160. The number of hydrogen-bond donors (Lipinski definition) is 2. The first-order chi connectivity index (χ1) is 16.3. The summed E-state index contributed by atoms with van der Waals surface area (Å²) in [4.78, 5) is 32.3. The molecule has 8 heteroatoms. The Morgan fingerprint density at radius 2 is 1.94 bits per heavy atom. The highest BCUT2D eigenvalue weighted by Gasteiger charge is 2.55. The van der Waals surface area contributed by atoms with Crippen LogP contribution >= 0.6 is 15.9 Å². The highest BCUT2D eigenvalue weighted by molar-refractivity contribution is 9.10. The molecule has 2 heterocycles. The summed E-state index contributed by atoms with van der Waals surface area (Å²) in [6.07, 6.45) is 2.62. The number of benzene rings is 2. The second-order valence-corrected chi connectivity index (χ2v) is 11.1. The van der Waals surface area contributed by atoms with Gasteiger partial charge in [0.1, 0.15) is 11.9 Å². The van der Waals surface area contributed by atoms with Gasteiger partial charge in [0.25, 0.3) is 0 Å². The summed E-state index contributed by atoms with van der Waals surface area (Å²) in [6, 6.07) is 12.2. The molecule has 2 aliphatic heterocycles. The average molecular weight is 527 g/mol. The van der Waals surface area contributed by atoms with Crippen molar-refractivity contribution < 1.29 is 14.3 Å². The maximum atomic E-state index is 13.6. The van der Waals surface area contributed by atoms with Crippen molar-refractivity contribution >= 4 is 44.5 Å². The largest absolute Gasteiger partial charge is 0.453 e. The zero-order valence-electron chi connectivity index (χ0n) is 19.8. The number of methoxy groups -OCH3 is 1. The number of carbonyl (C=O) groups excluding carboxylic acids is 2. The highest BCUT2D eigenvalue weighted by Crippen LogP contribution is 2.55. The van der Waals surface area contributed by atoms with Crippen LogP contribution in [-0.4, -0.2) is 55.0 Å². The van der Waals surface area contributed by atoms with Crippen molar-refractivity contribution in [3.8, 4) is 0 Å². The van der Waals surface area contributed by atoms with Gasteiger partial charge >= 0.3 is 6.09 Å². The number of alkyl carbamates (subject to hydrolysis) is 1. The molecule has 2 aromatic rings. The van der Waals surface area contributed by atoms with E-state index in [9.17, 15) is 9.59 Å². The molecule has 1 saturated carbocycles. The van der Waals surface area contributed by atoms with Crippen molar-refractivity contribution in [1.82, 2.24) is 15.5 Å². The normalized spacial score (nSPS) is 23.7. The second kappa shape index (κ2) is 8.87. The van der Waals surface area contributed by atoms with Crippen molar-refractivity contribution in [2.45, 2.75) is 51.2 Å². The third kappa shape index (κ3) is 4.40. The van der Waals surface area contributed by atoms with E-state index in [0.717, 1.165) is 36.1 Å². The lowest BCUT2D eigenvalue weighted by Gasteiger charge is -2.31. The Kier molecular flexibility index (Phi) is 6.04. The highest BCUT2D eigenvalue weighted by atomic mass is 79.9. The van der Waals surface area contributed by atoms with E-state index in [4.69, 9.17) is 9.73 Å². The zero-order chi connectivity index (χ0) is 24.0. The van der Waals surface area contributed by atoms with Gasteiger partial charge in [-0.2, -0.15) is 0 Å². The summed E-state index contributed by atoms with van der Waals surface area (Å²) in [5.41, 5.74) is 1.39. The van der Waals surface area contributed by atoms with Gasteiger partial charge < -0.3 is 20.3 Å². The fourth-order valence-electron chi connectivity index (χ4n) is 5.25. The monoisotopic (exact) mass is 526 g/mol. The molecular formula is C26H31BrN4O3. The Morgan fingerprint density at radius 1 is 1.21 bits per heavy atom. The average Bonchev–Trinajstić information content (AvgIpc) is 3.23. The molecule has 34 heavy (non-hydrogen) atoms. The minimum Gasteiger partial charge on any atom is -0.453 e. The molecule has 0 radical (unpaired) electrons. The Labute approximate surface area is 208 Å². The zero-order valence-corrected chi connectivity index (χ0v) is 21.4. The maximum absolute atomic E-state index is 13.6.